The van der Waals surface area contributed by atoms with Crippen molar-refractivity contribution in [3.63, 3.8) is 0 Å². The molecule has 0 spiro atoms. The van der Waals surface area contributed by atoms with Gasteiger partial charge in [-0.2, -0.15) is 0 Å². The van der Waals surface area contributed by atoms with Crippen molar-refractivity contribution in [2.75, 3.05) is 0 Å². The Bertz CT molecular complexity index is 516. The maximum Gasteiger partial charge on any atom is 0.219 e. The number of hydrogen-bond donors (Lipinski definition) is 0. The van der Waals surface area contributed by atoms with Crippen molar-refractivity contribution < 1.29 is 4.74 Å². The molecule has 1 heterocycles. The molecule has 0 fully saturated rings. The Morgan fingerprint density at radius 2 is 2.06 bits per heavy atom. The van der Waals surface area contributed by atoms with Gasteiger partial charge in [-0.05, 0) is 39.7 Å². The molecule has 5 heteroatoms. The van der Waals surface area contributed by atoms with Gasteiger partial charge in [-0.15, -0.1) is 0 Å². The van der Waals surface area contributed by atoms with E-state index in [4.69, 9.17) is 16.3 Å². The van der Waals surface area contributed by atoms with E-state index in [1.165, 1.54) is 0 Å². The van der Waals surface area contributed by atoms with E-state index < -0.39 is 0 Å². The van der Waals surface area contributed by atoms with Crippen molar-refractivity contribution in [3.05, 3.63) is 51.6 Å². The van der Waals surface area contributed by atoms with Gasteiger partial charge < -0.3 is 4.74 Å². The van der Waals surface area contributed by atoms with Crippen LogP contribution in [0.15, 0.2) is 41.0 Å². The van der Waals surface area contributed by atoms with Gasteiger partial charge in [0.05, 0.1) is 4.47 Å². The lowest BCUT2D eigenvalue weighted by Gasteiger charge is -2.07. The number of aromatic nitrogens is 1. The molecule has 17 heavy (non-hydrogen) atoms. The average Bonchev–Trinajstić information content (AvgIpc) is 2.34. The molecular formula is C12H8Br2ClNO. The molecule has 0 radical (unpaired) electrons. The van der Waals surface area contributed by atoms with Gasteiger partial charge in [0.15, 0.2) is 0 Å². The van der Waals surface area contributed by atoms with Gasteiger partial charge in [-0.3, -0.25) is 0 Å². The zero-order valence-electron chi connectivity index (χ0n) is 8.66. The summed E-state index contributed by atoms with van der Waals surface area (Å²) in [6.45, 7) is 0. The van der Waals surface area contributed by atoms with Crippen LogP contribution >= 0.6 is 43.5 Å². The van der Waals surface area contributed by atoms with Crippen molar-refractivity contribution in [3.8, 4) is 11.6 Å². The maximum absolute atomic E-state index is 5.85. The molecule has 2 rings (SSSR count). The fraction of sp³-hybridized carbons (Fsp3) is 0.0833. The minimum Gasteiger partial charge on any atom is -0.438 e. The van der Waals surface area contributed by atoms with Crippen LogP contribution in [0.1, 0.15) is 5.56 Å². The van der Waals surface area contributed by atoms with Crippen LogP contribution < -0.4 is 4.74 Å². The Hall–Kier alpha value is -0.580. The Labute approximate surface area is 121 Å². The second-order valence-electron chi connectivity index (χ2n) is 3.32. The average molecular weight is 377 g/mol. The van der Waals surface area contributed by atoms with Crippen LogP contribution in [-0.4, -0.2) is 4.98 Å². The summed E-state index contributed by atoms with van der Waals surface area (Å²) in [4.78, 5) is 4.20. The summed E-state index contributed by atoms with van der Waals surface area (Å²) in [5.74, 6) is 1.24. The van der Waals surface area contributed by atoms with Crippen LogP contribution in [-0.2, 0) is 5.33 Å². The number of alkyl halides is 1. The van der Waals surface area contributed by atoms with Gasteiger partial charge in [-0.1, -0.05) is 33.6 Å². The third kappa shape index (κ3) is 3.44. The lowest BCUT2D eigenvalue weighted by atomic mass is 10.3. The van der Waals surface area contributed by atoms with Crippen molar-refractivity contribution in [1.29, 1.82) is 0 Å². The summed E-state index contributed by atoms with van der Waals surface area (Å²) in [6, 6.07) is 9.14. The van der Waals surface area contributed by atoms with Crippen LogP contribution in [0, 0.1) is 0 Å². The first-order valence-corrected chi connectivity index (χ1v) is 7.12. The molecule has 0 unspecified atom stereocenters. The number of rotatable bonds is 3. The number of pyridine rings is 1. The summed E-state index contributed by atoms with van der Waals surface area (Å²) in [5.41, 5.74) is 1.10. The Morgan fingerprint density at radius 3 is 2.65 bits per heavy atom. The fourth-order valence-corrected chi connectivity index (χ4v) is 2.32. The van der Waals surface area contributed by atoms with E-state index in [0.29, 0.717) is 16.7 Å². The highest BCUT2D eigenvalue weighted by molar-refractivity contribution is 9.10. The van der Waals surface area contributed by atoms with Gasteiger partial charge in [-0.25, -0.2) is 4.98 Å². The summed E-state index contributed by atoms with van der Waals surface area (Å²) < 4.78 is 6.43. The van der Waals surface area contributed by atoms with E-state index >= 15 is 0 Å². The van der Waals surface area contributed by atoms with Crippen molar-refractivity contribution in [1.82, 2.24) is 4.98 Å². The molecule has 0 atom stereocenters. The minimum atomic E-state index is 0.553. The molecule has 0 N–H and O–H groups in total. The molecule has 0 bridgehead atoms. The van der Waals surface area contributed by atoms with E-state index in [0.717, 1.165) is 15.4 Å². The predicted molar refractivity (Wildman–Crippen MR) is 76.1 cm³/mol. The molecule has 0 amide bonds. The van der Waals surface area contributed by atoms with Gasteiger partial charge in [0.25, 0.3) is 0 Å². The van der Waals surface area contributed by atoms with Crippen molar-refractivity contribution in [2.45, 2.75) is 5.33 Å². The van der Waals surface area contributed by atoms with Crippen LogP contribution in [0.5, 0.6) is 11.6 Å². The summed E-state index contributed by atoms with van der Waals surface area (Å²) in [6.07, 6.45) is 1.77. The van der Waals surface area contributed by atoms with Gasteiger partial charge in [0.2, 0.25) is 5.88 Å². The smallest absolute Gasteiger partial charge is 0.219 e. The first-order valence-electron chi connectivity index (χ1n) is 4.83. The molecule has 0 saturated carbocycles. The molecule has 0 aliphatic heterocycles. The van der Waals surface area contributed by atoms with Gasteiger partial charge >= 0.3 is 0 Å². The monoisotopic (exact) mass is 375 g/mol. The number of hydrogen-bond acceptors (Lipinski definition) is 2. The zero-order valence-corrected chi connectivity index (χ0v) is 12.6. The Kier molecular flexibility index (Phi) is 4.42. The maximum atomic E-state index is 5.85. The molecule has 0 aliphatic rings. The first-order chi connectivity index (χ1) is 8.19. The molecule has 2 aromatic rings. The fourth-order valence-electron chi connectivity index (χ4n) is 1.22. The Balaban J connectivity index is 2.19. The van der Waals surface area contributed by atoms with E-state index in [2.05, 4.69) is 36.8 Å². The third-order valence-electron chi connectivity index (χ3n) is 2.06. The summed E-state index contributed by atoms with van der Waals surface area (Å²) in [7, 11) is 0. The molecule has 1 aromatic heterocycles. The lowest BCUT2D eigenvalue weighted by molar-refractivity contribution is 0.460. The first kappa shape index (κ1) is 12.9. The summed E-state index contributed by atoms with van der Waals surface area (Å²) in [5, 5.41) is 1.44. The molecule has 0 saturated heterocycles. The Morgan fingerprint density at radius 1 is 1.24 bits per heavy atom. The largest absolute Gasteiger partial charge is 0.438 e. The quantitative estimate of drug-likeness (QED) is 0.687. The van der Waals surface area contributed by atoms with Gasteiger partial charge in [0, 0.05) is 22.6 Å². The van der Waals surface area contributed by atoms with E-state index in [1.54, 1.807) is 24.4 Å². The van der Waals surface area contributed by atoms with Crippen LogP contribution in [0.4, 0.5) is 0 Å². The van der Waals surface area contributed by atoms with E-state index in [-0.39, 0.29) is 0 Å². The normalized spacial score (nSPS) is 10.3. The van der Waals surface area contributed by atoms with Crippen LogP contribution in [0.25, 0.3) is 0 Å². The minimum absolute atomic E-state index is 0.553. The lowest BCUT2D eigenvalue weighted by Crippen LogP contribution is -1.89. The highest BCUT2D eigenvalue weighted by Gasteiger charge is 2.04. The van der Waals surface area contributed by atoms with Crippen molar-refractivity contribution >= 4 is 43.5 Å². The van der Waals surface area contributed by atoms with Gasteiger partial charge in [0.1, 0.15) is 5.75 Å². The molecule has 2 nitrogen and oxygen atoms in total. The van der Waals surface area contributed by atoms with Crippen LogP contribution in [0.3, 0.4) is 0 Å². The number of halogens is 3. The molecule has 1 aromatic carbocycles. The molecule has 0 aliphatic carbocycles. The summed E-state index contributed by atoms with van der Waals surface area (Å²) >= 11 is 12.6. The molecule has 88 valence electrons. The SMILES string of the molecule is Clc1ccc(Oc2ccc(CBr)cn2)c(Br)c1. The second kappa shape index (κ2) is 5.85. The molecular weight excluding hydrogens is 369 g/mol. The van der Waals surface area contributed by atoms with Crippen LogP contribution in [0.2, 0.25) is 5.02 Å². The highest BCUT2D eigenvalue weighted by atomic mass is 79.9. The third-order valence-corrected chi connectivity index (χ3v) is 3.56. The standard InChI is InChI=1S/C12H8Br2ClNO/c13-6-8-1-4-12(16-7-8)17-11-3-2-9(15)5-10(11)14/h1-5,7H,6H2. The van der Waals surface area contributed by atoms with E-state index in [1.807, 2.05) is 12.1 Å². The number of benzene rings is 1. The number of ether oxygens (including phenoxy) is 1. The highest BCUT2D eigenvalue weighted by Crippen LogP contribution is 2.31. The number of nitrogens with zero attached hydrogens (tertiary/aromatic N) is 1. The second-order valence-corrected chi connectivity index (χ2v) is 5.17. The zero-order chi connectivity index (χ0) is 12.3. The topological polar surface area (TPSA) is 22.1 Å². The van der Waals surface area contributed by atoms with E-state index in [9.17, 15) is 0 Å². The predicted octanol–water partition coefficient (Wildman–Crippen LogP) is 5.18. The van der Waals surface area contributed by atoms with Crippen molar-refractivity contribution in [2.24, 2.45) is 0 Å².